The quantitative estimate of drug-likeness (QED) is 0.719. The molecule has 0 spiro atoms. The van der Waals surface area contributed by atoms with Gasteiger partial charge >= 0.3 is 0 Å². The van der Waals surface area contributed by atoms with Gasteiger partial charge in [-0.15, -0.1) is 0 Å². The fourth-order valence-electron chi connectivity index (χ4n) is 2.04. The van der Waals surface area contributed by atoms with Crippen molar-refractivity contribution in [3.05, 3.63) is 24.0 Å². The Balaban J connectivity index is 2.16. The minimum absolute atomic E-state index is 0.230. The summed E-state index contributed by atoms with van der Waals surface area (Å²) in [6, 6.07) is 5.10. The summed E-state index contributed by atoms with van der Waals surface area (Å²) in [6.07, 6.45) is 4.97. The van der Waals surface area contributed by atoms with Crippen molar-refractivity contribution in [3.8, 4) is 0 Å². The van der Waals surface area contributed by atoms with E-state index in [0.717, 1.165) is 18.8 Å². The predicted molar refractivity (Wildman–Crippen MR) is 61.5 cm³/mol. The second-order valence-electron chi connectivity index (χ2n) is 4.11. The molecule has 0 bridgehead atoms. The van der Waals surface area contributed by atoms with Crippen LogP contribution in [0.15, 0.2) is 18.2 Å². The van der Waals surface area contributed by atoms with E-state index in [-0.39, 0.29) is 11.5 Å². The zero-order valence-corrected chi connectivity index (χ0v) is 8.88. The molecule has 0 radical (unpaired) electrons. The van der Waals surface area contributed by atoms with Crippen LogP contribution in [0.4, 0.5) is 15.8 Å². The number of hydrogen-bond acceptors (Lipinski definition) is 2. The first-order chi connectivity index (χ1) is 7.27. The van der Waals surface area contributed by atoms with Crippen LogP contribution in [0.5, 0.6) is 0 Å². The van der Waals surface area contributed by atoms with Crippen molar-refractivity contribution in [2.45, 2.75) is 25.7 Å². The predicted octanol–water partition coefficient (Wildman–Crippen LogP) is 2.79. The summed E-state index contributed by atoms with van der Waals surface area (Å²) >= 11 is 0. The third-order valence-corrected chi connectivity index (χ3v) is 2.96. The topological polar surface area (TPSA) is 29.3 Å². The van der Waals surface area contributed by atoms with Crippen LogP contribution < -0.4 is 10.6 Å². The second kappa shape index (κ2) is 4.51. The third kappa shape index (κ3) is 2.41. The monoisotopic (exact) mass is 208 g/mol. The van der Waals surface area contributed by atoms with E-state index in [1.807, 2.05) is 6.07 Å². The Bertz CT molecular complexity index is 330. The maximum Gasteiger partial charge on any atom is 0.148 e. The molecular weight excluding hydrogens is 191 g/mol. The van der Waals surface area contributed by atoms with Crippen LogP contribution in [0, 0.1) is 5.82 Å². The SMILES string of the molecule is Nc1ccc(N2CCCCCC2)cc1F. The van der Waals surface area contributed by atoms with Gasteiger partial charge in [0, 0.05) is 18.8 Å². The molecule has 0 amide bonds. The minimum Gasteiger partial charge on any atom is -0.396 e. The van der Waals surface area contributed by atoms with Crippen LogP contribution in [-0.2, 0) is 0 Å². The van der Waals surface area contributed by atoms with Gasteiger partial charge in [-0.1, -0.05) is 12.8 Å². The molecule has 1 fully saturated rings. The van der Waals surface area contributed by atoms with E-state index >= 15 is 0 Å². The number of anilines is 2. The molecule has 1 aliphatic heterocycles. The molecule has 2 rings (SSSR count). The van der Waals surface area contributed by atoms with Crippen LogP contribution in [0.2, 0.25) is 0 Å². The second-order valence-corrected chi connectivity index (χ2v) is 4.11. The summed E-state index contributed by atoms with van der Waals surface area (Å²) in [5, 5.41) is 0. The van der Waals surface area contributed by atoms with Crippen LogP contribution in [-0.4, -0.2) is 13.1 Å². The van der Waals surface area contributed by atoms with Crippen LogP contribution >= 0.6 is 0 Å². The summed E-state index contributed by atoms with van der Waals surface area (Å²) in [5.41, 5.74) is 6.65. The van der Waals surface area contributed by atoms with E-state index in [1.165, 1.54) is 25.7 Å². The van der Waals surface area contributed by atoms with E-state index < -0.39 is 0 Å². The molecule has 1 heterocycles. The van der Waals surface area contributed by atoms with Gasteiger partial charge in [0.15, 0.2) is 0 Å². The lowest BCUT2D eigenvalue weighted by molar-refractivity contribution is 0.631. The molecule has 0 atom stereocenters. The Morgan fingerprint density at radius 1 is 1.07 bits per heavy atom. The molecular formula is C12H17FN2. The van der Waals surface area contributed by atoms with Gasteiger partial charge in [0.25, 0.3) is 0 Å². The lowest BCUT2D eigenvalue weighted by Crippen LogP contribution is -2.23. The van der Waals surface area contributed by atoms with Crippen molar-refractivity contribution < 1.29 is 4.39 Å². The molecule has 1 aromatic carbocycles. The molecule has 0 saturated carbocycles. The standard InChI is InChI=1S/C12H17FN2/c13-11-9-10(5-6-12(11)14)15-7-3-1-2-4-8-15/h5-6,9H,1-4,7-8,14H2. The van der Waals surface area contributed by atoms with E-state index in [0.29, 0.717) is 0 Å². The molecule has 0 aromatic heterocycles. The van der Waals surface area contributed by atoms with Gasteiger partial charge in [-0.3, -0.25) is 0 Å². The fraction of sp³-hybridized carbons (Fsp3) is 0.500. The normalized spacial score (nSPS) is 17.5. The molecule has 15 heavy (non-hydrogen) atoms. The van der Waals surface area contributed by atoms with E-state index in [2.05, 4.69) is 4.90 Å². The average molecular weight is 208 g/mol. The summed E-state index contributed by atoms with van der Waals surface area (Å²) in [5.74, 6) is -0.309. The van der Waals surface area contributed by atoms with Crippen molar-refractivity contribution in [3.63, 3.8) is 0 Å². The number of rotatable bonds is 1. The van der Waals surface area contributed by atoms with Crippen LogP contribution in [0.1, 0.15) is 25.7 Å². The highest BCUT2D eigenvalue weighted by Gasteiger charge is 2.10. The molecule has 82 valence electrons. The largest absolute Gasteiger partial charge is 0.396 e. The highest BCUT2D eigenvalue weighted by Crippen LogP contribution is 2.22. The molecule has 2 nitrogen and oxygen atoms in total. The first-order valence-corrected chi connectivity index (χ1v) is 5.57. The molecule has 1 saturated heterocycles. The van der Waals surface area contributed by atoms with Crippen molar-refractivity contribution in [1.29, 1.82) is 0 Å². The summed E-state index contributed by atoms with van der Waals surface area (Å²) in [7, 11) is 0. The summed E-state index contributed by atoms with van der Waals surface area (Å²) < 4.78 is 13.3. The van der Waals surface area contributed by atoms with Gasteiger partial charge < -0.3 is 10.6 Å². The Morgan fingerprint density at radius 2 is 1.73 bits per heavy atom. The lowest BCUT2D eigenvalue weighted by Gasteiger charge is -2.22. The van der Waals surface area contributed by atoms with Gasteiger partial charge in [-0.2, -0.15) is 0 Å². The molecule has 3 heteroatoms. The van der Waals surface area contributed by atoms with Crippen LogP contribution in [0.3, 0.4) is 0 Å². The number of nitrogens with zero attached hydrogens (tertiary/aromatic N) is 1. The van der Waals surface area contributed by atoms with Crippen molar-refractivity contribution in [2.24, 2.45) is 0 Å². The van der Waals surface area contributed by atoms with Crippen LogP contribution in [0.25, 0.3) is 0 Å². The Labute approximate surface area is 89.9 Å². The number of nitrogen functional groups attached to an aromatic ring is 1. The van der Waals surface area contributed by atoms with Gasteiger partial charge in [0.1, 0.15) is 5.82 Å². The van der Waals surface area contributed by atoms with Gasteiger partial charge in [-0.25, -0.2) is 4.39 Å². The first kappa shape index (κ1) is 10.3. The number of hydrogen-bond donors (Lipinski definition) is 1. The third-order valence-electron chi connectivity index (χ3n) is 2.96. The number of benzene rings is 1. The fourth-order valence-corrected chi connectivity index (χ4v) is 2.04. The molecule has 1 aliphatic rings. The van der Waals surface area contributed by atoms with E-state index in [1.54, 1.807) is 12.1 Å². The average Bonchev–Trinajstić information content (AvgIpc) is 2.50. The van der Waals surface area contributed by atoms with Crippen molar-refractivity contribution in [1.82, 2.24) is 0 Å². The first-order valence-electron chi connectivity index (χ1n) is 5.57. The highest BCUT2D eigenvalue weighted by molar-refractivity contribution is 5.54. The highest BCUT2D eigenvalue weighted by atomic mass is 19.1. The van der Waals surface area contributed by atoms with Gasteiger partial charge in [0.2, 0.25) is 0 Å². The summed E-state index contributed by atoms with van der Waals surface area (Å²) in [6.45, 7) is 2.06. The molecule has 0 unspecified atom stereocenters. The van der Waals surface area contributed by atoms with Crippen molar-refractivity contribution in [2.75, 3.05) is 23.7 Å². The molecule has 2 N–H and O–H groups in total. The van der Waals surface area contributed by atoms with Gasteiger partial charge in [0.05, 0.1) is 5.69 Å². The van der Waals surface area contributed by atoms with E-state index in [9.17, 15) is 4.39 Å². The number of halogens is 1. The Morgan fingerprint density at radius 3 is 2.33 bits per heavy atom. The Hall–Kier alpha value is -1.25. The minimum atomic E-state index is -0.309. The summed E-state index contributed by atoms with van der Waals surface area (Å²) in [4.78, 5) is 2.25. The van der Waals surface area contributed by atoms with Crippen molar-refractivity contribution >= 4 is 11.4 Å². The number of nitrogens with two attached hydrogens (primary N) is 1. The lowest BCUT2D eigenvalue weighted by atomic mass is 10.2. The Kier molecular flexibility index (Phi) is 3.09. The molecule has 1 aromatic rings. The maximum atomic E-state index is 13.3. The maximum absolute atomic E-state index is 13.3. The zero-order valence-electron chi connectivity index (χ0n) is 8.88. The van der Waals surface area contributed by atoms with Gasteiger partial charge in [-0.05, 0) is 31.0 Å². The zero-order chi connectivity index (χ0) is 10.7. The smallest absolute Gasteiger partial charge is 0.148 e. The molecule has 0 aliphatic carbocycles. The van der Waals surface area contributed by atoms with E-state index in [4.69, 9.17) is 5.73 Å².